The van der Waals surface area contributed by atoms with E-state index in [1.165, 1.54) is 24.3 Å². The summed E-state index contributed by atoms with van der Waals surface area (Å²) in [5.74, 6) is -1.50. The first-order chi connectivity index (χ1) is 12.0. The van der Waals surface area contributed by atoms with E-state index in [0.717, 1.165) is 0 Å². The molecular weight excluding hydrogens is 324 g/mol. The molecule has 3 rings (SSSR count). The van der Waals surface area contributed by atoms with Gasteiger partial charge in [-0.2, -0.15) is 0 Å². The summed E-state index contributed by atoms with van der Waals surface area (Å²) < 4.78 is 5.08. The van der Waals surface area contributed by atoms with Crippen LogP contribution in [0.2, 0.25) is 0 Å². The molecule has 0 aliphatic carbocycles. The van der Waals surface area contributed by atoms with Gasteiger partial charge < -0.3 is 10.1 Å². The van der Waals surface area contributed by atoms with Gasteiger partial charge in [0, 0.05) is 17.7 Å². The summed E-state index contributed by atoms with van der Waals surface area (Å²) in [6, 6.07) is 10.7. The zero-order chi connectivity index (χ0) is 18.0. The van der Waals surface area contributed by atoms with E-state index in [2.05, 4.69) is 10.6 Å². The van der Waals surface area contributed by atoms with E-state index >= 15 is 0 Å². The molecule has 0 spiro atoms. The minimum atomic E-state index is -0.496. The van der Waals surface area contributed by atoms with E-state index in [0.29, 0.717) is 11.3 Å². The van der Waals surface area contributed by atoms with Gasteiger partial charge in [0.15, 0.2) is 0 Å². The summed E-state index contributed by atoms with van der Waals surface area (Å²) in [5, 5.41) is 4.83. The first-order valence-corrected chi connectivity index (χ1v) is 7.59. The zero-order valence-electron chi connectivity index (χ0n) is 13.3. The van der Waals surface area contributed by atoms with Crippen LogP contribution >= 0.6 is 0 Å². The van der Waals surface area contributed by atoms with Crippen LogP contribution < -0.4 is 15.4 Å². The number of imide groups is 1. The van der Waals surface area contributed by atoms with Crippen LogP contribution in [0.3, 0.4) is 0 Å². The molecule has 1 aliphatic rings. The average molecular weight is 338 g/mol. The van der Waals surface area contributed by atoms with Crippen LogP contribution in [-0.2, 0) is 4.79 Å². The fourth-order valence-corrected chi connectivity index (χ4v) is 2.35. The van der Waals surface area contributed by atoms with E-state index in [1.54, 1.807) is 25.1 Å². The maximum atomic E-state index is 12.3. The summed E-state index contributed by atoms with van der Waals surface area (Å²) in [4.78, 5) is 46.9. The number of amides is 3. The van der Waals surface area contributed by atoms with Crippen molar-refractivity contribution < 1.29 is 23.9 Å². The Kier molecular flexibility index (Phi) is 4.30. The molecule has 1 aliphatic heterocycles. The Labute approximate surface area is 143 Å². The lowest BCUT2D eigenvalue weighted by Gasteiger charge is -2.08. The lowest BCUT2D eigenvalue weighted by Crippen LogP contribution is -2.19. The largest absolute Gasteiger partial charge is 0.427 e. The molecule has 3 amide bonds. The van der Waals surface area contributed by atoms with Gasteiger partial charge in [-0.3, -0.25) is 24.5 Å². The van der Waals surface area contributed by atoms with Crippen molar-refractivity contribution in [1.82, 2.24) is 5.32 Å². The number of fused-ring (bicyclic) bond motifs is 1. The highest BCUT2D eigenvalue weighted by Crippen LogP contribution is 2.21. The van der Waals surface area contributed by atoms with E-state index in [9.17, 15) is 19.2 Å². The minimum Gasteiger partial charge on any atom is -0.427 e. The molecule has 0 fully saturated rings. The Hall–Kier alpha value is -3.48. The molecule has 0 atom stereocenters. The molecule has 2 aromatic rings. The molecule has 2 N–H and O–H groups in total. The SMILES string of the molecule is CCC(=O)Oc1cccc(C(=O)Nc2ccc3c(c2)C(=O)NC3=O)c1. The Balaban J connectivity index is 1.78. The van der Waals surface area contributed by atoms with Gasteiger partial charge in [0.1, 0.15) is 5.75 Å². The molecule has 0 saturated carbocycles. The molecule has 7 heteroatoms. The van der Waals surface area contributed by atoms with Gasteiger partial charge in [-0.05, 0) is 36.4 Å². The van der Waals surface area contributed by atoms with Crippen LogP contribution in [0.5, 0.6) is 5.75 Å². The second kappa shape index (κ2) is 6.56. The van der Waals surface area contributed by atoms with Crippen molar-refractivity contribution in [2.24, 2.45) is 0 Å². The van der Waals surface area contributed by atoms with E-state index < -0.39 is 23.7 Å². The van der Waals surface area contributed by atoms with E-state index in [4.69, 9.17) is 4.74 Å². The lowest BCUT2D eigenvalue weighted by atomic mass is 10.1. The monoisotopic (exact) mass is 338 g/mol. The standard InChI is InChI=1S/C18H14N2O5/c1-2-15(21)25-12-5-3-4-10(8-12)16(22)19-11-6-7-13-14(9-11)18(24)20-17(13)23/h3-9H,2H2,1H3,(H,19,22)(H,20,23,24). The van der Waals surface area contributed by atoms with Crippen LogP contribution in [-0.4, -0.2) is 23.7 Å². The number of hydrogen-bond donors (Lipinski definition) is 2. The van der Waals surface area contributed by atoms with Crippen LogP contribution in [0.1, 0.15) is 44.4 Å². The van der Waals surface area contributed by atoms with Gasteiger partial charge in [0.2, 0.25) is 0 Å². The third-order valence-corrected chi connectivity index (χ3v) is 3.61. The van der Waals surface area contributed by atoms with E-state index in [1.807, 2.05) is 0 Å². The molecule has 126 valence electrons. The summed E-state index contributed by atoms with van der Waals surface area (Å²) >= 11 is 0. The Bertz CT molecular complexity index is 904. The topological polar surface area (TPSA) is 102 Å². The van der Waals surface area contributed by atoms with Crippen molar-refractivity contribution in [1.29, 1.82) is 0 Å². The predicted molar refractivity (Wildman–Crippen MR) is 88.6 cm³/mol. The number of hydrogen-bond acceptors (Lipinski definition) is 5. The molecule has 0 saturated heterocycles. The third kappa shape index (κ3) is 3.40. The van der Waals surface area contributed by atoms with Gasteiger partial charge in [0.05, 0.1) is 11.1 Å². The summed E-state index contributed by atoms with van der Waals surface area (Å²) in [5.41, 5.74) is 1.16. The van der Waals surface area contributed by atoms with Gasteiger partial charge in [-0.15, -0.1) is 0 Å². The van der Waals surface area contributed by atoms with Gasteiger partial charge in [-0.1, -0.05) is 13.0 Å². The molecular formula is C18H14N2O5. The molecule has 25 heavy (non-hydrogen) atoms. The minimum absolute atomic E-state index is 0.216. The number of ether oxygens (including phenoxy) is 1. The van der Waals surface area contributed by atoms with Crippen molar-refractivity contribution in [2.45, 2.75) is 13.3 Å². The van der Waals surface area contributed by atoms with Crippen LogP contribution in [0, 0.1) is 0 Å². The molecule has 0 unspecified atom stereocenters. The van der Waals surface area contributed by atoms with Crippen LogP contribution in [0.4, 0.5) is 5.69 Å². The van der Waals surface area contributed by atoms with Gasteiger partial charge >= 0.3 is 5.97 Å². The Morgan fingerprint density at radius 1 is 1.04 bits per heavy atom. The van der Waals surface area contributed by atoms with Crippen molar-refractivity contribution in [2.75, 3.05) is 5.32 Å². The first-order valence-electron chi connectivity index (χ1n) is 7.59. The van der Waals surface area contributed by atoms with Crippen molar-refractivity contribution >= 4 is 29.4 Å². The molecule has 0 bridgehead atoms. The van der Waals surface area contributed by atoms with Crippen LogP contribution in [0.25, 0.3) is 0 Å². The molecule has 1 heterocycles. The van der Waals surface area contributed by atoms with Crippen molar-refractivity contribution in [3.63, 3.8) is 0 Å². The zero-order valence-corrected chi connectivity index (χ0v) is 13.3. The highest BCUT2D eigenvalue weighted by molar-refractivity contribution is 6.22. The number of anilines is 1. The Morgan fingerprint density at radius 3 is 2.56 bits per heavy atom. The fourth-order valence-electron chi connectivity index (χ4n) is 2.35. The van der Waals surface area contributed by atoms with Crippen LogP contribution in [0.15, 0.2) is 42.5 Å². The number of nitrogens with one attached hydrogen (secondary N) is 2. The summed E-state index contributed by atoms with van der Waals surface area (Å²) in [6.07, 6.45) is 0.229. The highest BCUT2D eigenvalue weighted by Gasteiger charge is 2.26. The lowest BCUT2D eigenvalue weighted by molar-refractivity contribution is -0.134. The van der Waals surface area contributed by atoms with E-state index in [-0.39, 0.29) is 23.3 Å². The number of esters is 1. The fraction of sp³-hybridized carbons (Fsp3) is 0.111. The summed E-state index contributed by atoms with van der Waals surface area (Å²) in [7, 11) is 0. The van der Waals surface area contributed by atoms with Gasteiger partial charge in [-0.25, -0.2) is 0 Å². The molecule has 7 nitrogen and oxygen atoms in total. The molecule has 2 aromatic carbocycles. The number of carbonyl (C=O) groups excluding carboxylic acids is 4. The Morgan fingerprint density at radius 2 is 1.80 bits per heavy atom. The summed E-state index contributed by atoms with van der Waals surface area (Å²) in [6.45, 7) is 1.67. The maximum Gasteiger partial charge on any atom is 0.310 e. The smallest absolute Gasteiger partial charge is 0.310 e. The highest BCUT2D eigenvalue weighted by atomic mass is 16.5. The average Bonchev–Trinajstić information content (AvgIpc) is 2.89. The quantitative estimate of drug-likeness (QED) is 0.505. The normalized spacial score (nSPS) is 12.4. The number of carbonyl (C=O) groups is 4. The predicted octanol–water partition coefficient (Wildman–Crippen LogP) is 2.14. The third-order valence-electron chi connectivity index (χ3n) is 3.61. The number of rotatable bonds is 4. The second-order valence-corrected chi connectivity index (χ2v) is 5.35. The molecule has 0 aromatic heterocycles. The first kappa shape index (κ1) is 16.4. The second-order valence-electron chi connectivity index (χ2n) is 5.35. The number of benzene rings is 2. The molecule has 0 radical (unpaired) electrons. The maximum absolute atomic E-state index is 12.3. The van der Waals surface area contributed by atoms with Crippen molar-refractivity contribution in [3.05, 3.63) is 59.2 Å². The van der Waals surface area contributed by atoms with Crippen molar-refractivity contribution in [3.8, 4) is 5.75 Å². The van der Waals surface area contributed by atoms with Gasteiger partial charge in [0.25, 0.3) is 17.7 Å².